The number of aryl methyl sites for hydroxylation is 1. The zero-order chi connectivity index (χ0) is 29.0. The third-order valence-electron chi connectivity index (χ3n) is 7.12. The number of aliphatic hydroxyl groups excluding tert-OH is 1. The van der Waals surface area contributed by atoms with Crippen molar-refractivity contribution >= 4 is 17.4 Å². The van der Waals surface area contributed by atoms with Crippen LogP contribution in [0.25, 0.3) is 5.76 Å². The van der Waals surface area contributed by atoms with Gasteiger partial charge in [0.15, 0.2) is 0 Å². The highest BCUT2D eigenvalue weighted by atomic mass is 16.5. The van der Waals surface area contributed by atoms with Gasteiger partial charge in [-0.05, 0) is 53.3 Å². The Morgan fingerprint density at radius 1 is 0.950 bits per heavy atom. The minimum absolute atomic E-state index is 0.0128. The van der Waals surface area contributed by atoms with Gasteiger partial charge in [-0.2, -0.15) is 0 Å². The molecule has 4 rings (SSSR count). The highest BCUT2D eigenvalue weighted by Crippen LogP contribution is 2.42. The van der Waals surface area contributed by atoms with Gasteiger partial charge in [0, 0.05) is 13.7 Å². The molecule has 0 aromatic heterocycles. The number of carbonyl (C=O) groups excluding carboxylic acids is 2. The van der Waals surface area contributed by atoms with E-state index in [2.05, 4.69) is 20.8 Å². The lowest BCUT2D eigenvalue weighted by Gasteiger charge is -2.26. The van der Waals surface area contributed by atoms with Gasteiger partial charge in [0.1, 0.15) is 23.9 Å². The van der Waals surface area contributed by atoms with Crippen molar-refractivity contribution in [1.82, 2.24) is 4.90 Å². The first-order valence-corrected chi connectivity index (χ1v) is 13.3. The van der Waals surface area contributed by atoms with Gasteiger partial charge in [-0.3, -0.25) is 9.59 Å². The molecular weight excluding hydrogens is 506 g/mol. The van der Waals surface area contributed by atoms with Crippen molar-refractivity contribution in [1.29, 1.82) is 0 Å². The first kappa shape index (κ1) is 28.9. The molecule has 3 aromatic carbocycles. The van der Waals surface area contributed by atoms with Crippen LogP contribution in [-0.4, -0.2) is 49.1 Å². The van der Waals surface area contributed by atoms with Crippen LogP contribution in [-0.2, 0) is 26.3 Å². The Balaban J connectivity index is 1.74. The molecule has 0 bridgehead atoms. The van der Waals surface area contributed by atoms with E-state index in [-0.39, 0.29) is 29.9 Å². The maximum absolute atomic E-state index is 13.4. The zero-order valence-electron chi connectivity index (χ0n) is 24.0. The molecule has 210 valence electrons. The van der Waals surface area contributed by atoms with E-state index < -0.39 is 17.7 Å². The number of ether oxygens (including phenoxy) is 3. The lowest BCUT2D eigenvalue weighted by Crippen LogP contribution is -2.32. The number of nitrogens with zero attached hydrogens (tertiary/aromatic N) is 1. The number of amides is 1. The van der Waals surface area contributed by atoms with E-state index in [1.807, 2.05) is 55.5 Å². The number of benzene rings is 3. The number of hydrogen-bond donors (Lipinski definition) is 1. The maximum Gasteiger partial charge on any atom is 0.295 e. The molecule has 1 amide bonds. The van der Waals surface area contributed by atoms with Crippen molar-refractivity contribution in [2.75, 3.05) is 27.4 Å². The lowest BCUT2D eigenvalue weighted by molar-refractivity contribution is -0.140. The molecule has 0 aliphatic carbocycles. The number of methoxy groups -OCH3 is 2. The number of Topliss-reactive ketones (excluding diaryl/α,β-unsaturated/α-hetero) is 1. The minimum atomic E-state index is -0.802. The number of ketones is 1. The van der Waals surface area contributed by atoms with E-state index in [1.165, 1.54) is 24.7 Å². The van der Waals surface area contributed by atoms with Crippen LogP contribution in [0.5, 0.6) is 11.5 Å². The van der Waals surface area contributed by atoms with Gasteiger partial charge in [-0.25, -0.2) is 0 Å². The summed E-state index contributed by atoms with van der Waals surface area (Å²) in [5.41, 5.74) is 4.03. The predicted octanol–water partition coefficient (Wildman–Crippen LogP) is 5.95. The van der Waals surface area contributed by atoms with Crippen molar-refractivity contribution in [2.24, 2.45) is 0 Å². The molecule has 0 saturated carbocycles. The molecule has 7 heteroatoms. The molecule has 1 N–H and O–H groups in total. The summed E-state index contributed by atoms with van der Waals surface area (Å²) in [6.45, 7) is 9.06. The van der Waals surface area contributed by atoms with E-state index in [1.54, 1.807) is 18.2 Å². The zero-order valence-corrected chi connectivity index (χ0v) is 24.0. The van der Waals surface area contributed by atoms with Crippen LogP contribution < -0.4 is 9.47 Å². The minimum Gasteiger partial charge on any atom is -0.507 e. The van der Waals surface area contributed by atoms with Crippen molar-refractivity contribution in [3.8, 4) is 11.5 Å². The van der Waals surface area contributed by atoms with Crippen molar-refractivity contribution in [3.05, 3.63) is 100 Å². The molecule has 1 saturated heterocycles. The van der Waals surface area contributed by atoms with Crippen LogP contribution in [0.15, 0.2) is 72.3 Å². The van der Waals surface area contributed by atoms with Crippen LogP contribution in [0.4, 0.5) is 0 Å². The molecular formula is C33H37NO6. The van der Waals surface area contributed by atoms with Gasteiger partial charge in [0.05, 0.1) is 30.9 Å². The Hall–Kier alpha value is -4.10. The van der Waals surface area contributed by atoms with Crippen LogP contribution in [0.3, 0.4) is 0 Å². The average molecular weight is 544 g/mol. The fourth-order valence-electron chi connectivity index (χ4n) is 4.75. The fraction of sp³-hybridized carbons (Fsp3) is 0.333. The van der Waals surface area contributed by atoms with Crippen molar-refractivity contribution in [3.63, 3.8) is 0 Å². The molecule has 1 heterocycles. The molecule has 0 spiro atoms. The van der Waals surface area contributed by atoms with Crippen LogP contribution in [0, 0.1) is 6.92 Å². The summed E-state index contributed by atoms with van der Waals surface area (Å²) in [5.74, 6) is -0.647. The van der Waals surface area contributed by atoms with E-state index in [0.717, 1.165) is 11.1 Å². The molecule has 1 unspecified atom stereocenters. The topological polar surface area (TPSA) is 85.3 Å². The number of aliphatic hydroxyl groups is 1. The second kappa shape index (κ2) is 12.0. The smallest absolute Gasteiger partial charge is 0.295 e. The molecule has 1 aliphatic heterocycles. The van der Waals surface area contributed by atoms with E-state index in [9.17, 15) is 14.7 Å². The summed E-state index contributed by atoms with van der Waals surface area (Å²) in [7, 11) is 3.04. The number of rotatable bonds is 9. The van der Waals surface area contributed by atoms with Gasteiger partial charge >= 0.3 is 0 Å². The number of likely N-dealkylation sites (tertiary alicyclic amines) is 1. The van der Waals surface area contributed by atoms with E-state index >= 15 is 0 Å². The summed E-state index contributed by atoms with van der Waals surface area (Å²) in [4.78, 5) is 28.0. The third-order valence-corrected chi connectivity index (χ3v) is 7.12. The maximum atomic E-state index is 13.4. The molecule has 1 aliphatic rings. The Bertz CT molecular complexity index is 1400. The second-order valence-electron chi connectivity index (χ2n) is 11.0. The Labute approximate surface area is 236 Å². The Morgan fingerprint density at radius 3 is 2.23 bits per heavy atom. The van der Waals surface area contributed by atoms with Gasteiger partial charge < -0.3 is 24.2 Å². The third kappa shape index (κ3) is 6.05. The van der Waals surface area contributed by atoms with Gasteiger partial charge in [0.2, 0.25) is 0 Å². The highest BCUT2D eigenvalue weighted by molar-refractivity contribution is 6.46. The van der Waals surface area contributed by atoms with Crippen LogP contribution in [0.1, 0.15) is 54.6 Å². The predicted molar refractivity (Wildman–Crippen MR) is 155 cm³/mol. The molecule has 3 aromatic rings. The normalized spacial score (nSPS) is 16.9. The Kier molecular flexibility index (Phi) is 8.64. The Morgan fingerprint density at radius 2 is 1.62 bits per heavy atom. The van der Waals surface area contributed by atoms with E-state index in [4.69, 9.17) is 14.2 Å². The summed E-state index contributed by atoms with van der Waals surface area (Å²) >= 11 is 0. The number of carbonyl (C=O) groups is 2. The fourth-order valence-corrected chi connectivity index (χ4v) is 4.75. The molecule has 40 heavy (non-hydrogen) atoms. The number of hydrogen-bond acceptors (Lipinski definition) is 6. The summed E-state index contributed by atoms with van der Waals surface area (Å²) < 4.78 is 16.7. The van der Waals surface area contributed by atoms with Gasteiger partial charge in [-0.1, -0.05) is 68.8 Å². The van der Waals surface area contributed by atoms with Gasteiger partial charge in [0.25, 0.3) is 11.7 Å². The molecule has 0 radical (unpaired) electrons. The summed E-state index contributed by atoms with van der Waals surface area (Å²) in [6, 6.07) is 20.1. The first-order valence-electron chi connectivity index (χ1n) is 13.3. The highest BCUT2D eigenvalue weighted by Gasteiger charge is 2.46. The first-order chi connectivity index (χ1) is 19.0. The monoisotopic (exact) mass is 543 g/mol. The van der Waals surface area contributed by atoms with Crippen LogP contribution in [0.2, 0.25) is 0 Å². The van der Waals surface area contributed by atoms with E-state index in [0.29, 0.717) is 29.2 Å². The SMILES string of the molecule is COCCN1C(=O)C(=O)/C(=C(/O)c2cc(C(C)(C)C)ccc2OC)C1c1ccc(OCc2ccc(C)cc2)cc1. The standard InChI is InChI=1S/C33H37NO6/c1-21-7-9-22(10-8-21)20-40-25-14-11-23(12-15-25)29-28(31(36)32(37)34(29)17-18-38-5)30(35)26-19-24(33(2,3)4)13-16-27(26)39-6/h7-16,19,29,35H,17-18,20H2,1-6H3/b30-28+. The molecule has 1 fully saturated rings. The summed E-state index contributed by atoms with van der Waals surface area (Å²) in [5, 5.41) is 11.6. The quantitative estimate of drug-likeness (QED) is 0.204. The molecule has 7 nitrogen and oxygen atoms in total. The van der Waals surface area contributed by atoms with Crippen molar-refractivity contribution in [2.45, 2.75) is 45.8 Å². The lowest BCUT2D eigenvalue weighted by atomic mass is 9.85. The second-order valence-corrected chi connectivity index (χ2v) is 11.0. The van der Waals surface area contributed by atoms with Crippen molar-refractivity contribution < 1.29 is 28.9 Å². The van der Waals surface area contributed by atoms with Crippen LogP contribution >= 0.6 is 0 Å². The molecule has 1 atom stereocenters. The largest absolute Gasteiger partial charge is 0.507 e. The average Bonchev–Trinajstić information content (AvgIpc) is 3.19. The van der Waals surface area contributed by atoms with Gasteiger partial charge in [-0.15, -0.1) is 0 Å². The summed E-state index contributed by atoms with van der Waals surface area (Å²) in [6.07, 6.45) is 0.